The largest absolute Gasteiger partial charge is 0.508 e. The van der Waals surface area contributed by atoms with Crippen molar-refractivity contribution in [3.05, 3.63) is 202 Å². The third kappa shape index (κ3) is 12.2. The van der Waals surface area contributed by atoms with Gasteiger partial charge in [-0.05, 0) is 149 Å². The van der Waals surface area contributed by atoms with E-state index >= 15 is 0 Å². The van der Waals surface area contributed by atoms with Crippen LogP contribution >= 0.6 is 0 Å². The van der Waals surface area contributed by atoms with Gasteiger partial charge in [-0.2, -0.15) is 0 Å². The summed E-state index contributed by atoms with van der Waals surface area (Å²) >= 11 is 0. The van der Waals surface area contributed by atoms with Crippen LogP contribution in [-0.2, 0) is 35.7 Å². The quantitative estimate of drug-likeness (QED) is 0.0906. The van der Waals surface area contributed by atoms with Gasteiger partial charge in [0.05, 0.1) is 25.3 Å². The topological polar surface area (TPSA) is 116 Å². The second-order valence-corrected chi connectivity index (χ2v) is 21.2. The second kappa shape index (κ2) is 25.1. The van der Waals surface area contributed by atoms with E-state index in [9.17, 15) is 19.8 Å². The van der Waals surface area contributed by atoms with Crippen LogP contribution in [0, 0.1) is 0 Å². The Kier molecular flexibility index (Phi) is 17.8. The Balaban J connectivity index is 0.000000190. The molecular weight excluding hydrogens is 973 g/mol. The molecule has 6 atom stereocenters. The van der Waals surface area contributed by atoms with Crippen LogP contribution in [0.5, 0.6) is 11.5 Å². The van der Waals surface area contributed by atoms with E-state index in [2.05, 4.69) is 156 Å². The normalized spacial score (nSPS) is 19.3. The Hall–Kier alpha value is -7.22. The van der Waals surface area contributed by atoms with Crippen LogP contribution in [0.4, 0.5) is 0 Å². The zero-order chi connectivity index (χ0) is 55.0. The van der Waals surface area contributed by atoms with Gasteiger partial charge in [0.15, 0.2) is 0 Å². The molecule has 0 aliphatic carbocycles. The van der Waals surface area contributed by atoms with E-state index in [0.29, 0.717) is 61.9 Å². The first kappa shape index (κ1) is 55.5. The molecule has 2 saturated heterocycles. The maximum Gasteiger partial charge on any atom is 0.354 e. The van der Waals surface area contributed by atoms with E-state index in [0.717, 1.165) is 83.3 Å². The maximum absolute atomic E-state index is 12.7. The molecule has 6 aromatic carbocycles. The summed E-state index contributed by atoms with van der Waals surface area (Å²) in [6.45, 7) is 24.6. The van der Waals surface area contributed by atoms with Gasteiger partial charge in [0.25, 0.3) is 0 Å². The van der Waals surface area contributed by atoms with Crippen molar-refractivity contribution in [3.63, 3.8) is 0 Å². The van der Waals surface area contributed by atoms with E-state index in [-0.39, 0.29) is 35.5 Å². The monoisotopic (exact) mass is 1050 g/mol. The number of aryl methyl sites for hydroxylation is 2. The van der Waals surface area contributed by atoms with Crippen LogP contribution in [0.15, 0.2) is 158 Å². The van der Waals surface area contributed by atoms with E-state index in [1.165, 1.54) is 11.1 Å². The van der Waals surface area contributed by atoms with E-state index < -0.39 is 0 Å². The fraction of sp³-hybridized carbons (Fsp3) is 0.364. The van der Waals surface area contributed by atoms with Crippen LogP contribution in [0.2, 0.25) is 0 Å². The van der Waals surface area contributed by atoms with Gasteiger partial charge in [0.2, 0.25) is 0 Å². The summed E-state index contributed by atoms with van der Waals surface area (Å²) in [6.07, 6.45) is 0. The number of hydrogen-bond donors (Lipinski definition) is 2. The molecule has 0 unspecified atom stereocenters. The van der Waals surface area contributed by atoms with Gasteiger partial charge >= 0.3 is 11.9 Å². The van der Waals surface area contributed by atoms with E-state index in [1.54, 1.807) is 12.1 Å². The van der Waals surface area contributed by atoms with Crippen molar-refractivity contribution < 1.29 is 29.3 Å². The molecule has 0 bridgehead atoms. The highest BCUT2D eigenvalue weighted by Crippen LogP contribution is 2.39. The highest BCUT2D eigenvalue weighted by Gasteiger charge is 2.37. The molecule has 2 aliphatic heterocycles. The van der Waals surface area contributed by atoms with Crippen molar-refractivity contribution in [2.45, 2.75) is 118 Å². The molecule has 0 saturated carbocycles. The molecule has 4 heterocycles. The standard InChI is InChI=1S/2C33H39N3O3/c2*1-5-35-30-16-15-27(17-28(30)19-31(35)33(38)39-6-2)32(26-13-10-14-29(37)18-26)36-21-23(3)34(20-24(36)4)22-25-11-8-7-9-12-25/h2*7-19,23-24,32,37H,5-6,20-22H2,1-4H3/t23-,24+,32+;23-,24+,32-/m11/s1. The average molecular weight is 1050 g/mol. The van der Waals surface area contributed by atoms with E-state index in [4.69, 9.17) is 9.47 Å². The van der Waals surface area contributed by atoms with Gasteiger partial charge in [-0.25, -0.2) is 9.59 Å². The Morgan fingerprint density at radius 1 is 0.462 bits per heavy atom. The smallest absolute Gasteiger partial charge is 0.354 e. The minimum Gasteiger partial charge on any atom is -0.508 e. The number of carbonyl (C=O) groups excluding carboxylic acids is 2. The number of aromatic hydroxyl groups is 2. The lowest BCUT2D eigenvalue weighted by Crippen LogP contribution is -2.56. The van der Waals surface area contributed by atoms with Gasteiger partial charge in [0.1, 0.15) is 22.9 Å². The lowest BCUT2D eigenvalue weighted by atomic mass is 9.92. The summed E-state index contributed by atoms with van der Waals surface area (Å²) in [7, 11) is 0. The Morgan fingerprint density at radius 2 is 0.846 bits per heavy atom. The first-order valence-corrected chi connectivity index (χ1v) is 28.0. The zero-order valence-electron chi connectivity index (χ0n) is 46.8. The van der Waals surface area contributed by atoms with Crippen LogP contribution in [-0.4, -0.2) is 114 Å². The highest BCUT2D eigenvalue weighted by molar-refractivity contribution is 5.97. The number of fused-ring (bicyclic) bond motifs is 2. The van der Waals surface area contributed by atoms with Crippen LogP contribution < -0.4 is 0 Å². The summed E-state index contributed by atoms with van der Waals surface area (Å²) in [5, 5.41) is 22.8. The molecule has 2 aliphatic rings. The summed E-state index contributed by atoms with van der Waals surface area (Å²) in [6, 6.07) is 54.7. The Morgan fingerprint density at radius 3 is 1.21 bits per heavy atom. The number of esters is 2. The Labute approximate surface area is 461 Å². The molecule has 2 fully saturated rings. The van der Waals surface area contributed by atoms with Crippen molar-refractivity contribution in [2.75, 3.05) is 39.4 Å². The third-order valence-corrected chi connectivity index (χ3v) is 15.9. The number of carbonyl (C=O) groups is 2. The number of hydrogen-bond acceptors (Lipinski definition) is 10. The molecule has 2 aromatic heterocycles. The molecule has 8 aromatic rings. The molecule has 0 amide bonds. The first-order chi connectivity index (χ1) is 37.8. The predicted molar refractivity (Wildman–Crippen MR) is 312 cm³/mol. The highest BCUT2D eigenvalue weighted by atomic mass is 16.5. The molecule has 0 spiro atoms. The van der Waals surface area contributed by atoms with Gasteiger partial charge in [-0.3, -0.25) is 19.6 Å². The van der Waals surface area contributed by atoms with Crippen molar-refractivity contribution in [1.82, 2.24) is 28.7 Å². The number of phenols is 2. The van der Waals surface area contributed by atoms with Crippen molar-refractivity contribution in [1.29, 1.82) is 0 Å². The van der Waals surface area contributed by atoms with Crippen LogP contribution in [0.25, 0.3) is 21.8 Å². The number of aromatic nitrogens is 2. The fourth-order valence-electron chi connectivity index (χ4n) is 12.1. The molecule has 0 radical (unpaired) electrons. The molecule has 12 nitrogen and oxygen atoms in total. The lowest BCUT2D eigenvalue weighted by Gasteiger charge is -2.47. The number of piperazine rings is 2. The second-order valence-electron chi connectivity index (χ2n) is 21.2. The van der Waals surface area contributed by atoms with Gasteiger partial charge < -0.3 is 28.8 Å². The summed E-state index contributed by atoms with van der Waals surface area (Å²) in [4.78, 5) is 35.6. The number of benzene rings is 6. The molecule has 10 rings (SSSR count). The third-order valence-electron chi connectivity index (χ3n) is 15.9. The van der Waals surface area contributed by atoms with Gasteiger partial charge in [0, 0.05) is 98.3 Å². The SMILES string of the molecule is CCOC(=O)c1cc2cc([C@@H](c3cccc(O)c3)N3C[C@@H](C)N(Cc4ccccc4)C[C@@H]3C)ccc2n1CC.CCOC(=O)c1cc2cc([C@H](c3cccc(O)c3)N3C[C@@H](C)N(Cc4ccccc4)C[C@@H]3C)ccc2n1CC. The van der Waals surface area contributed by atoms with Crippen LogP contribution in [0.1, 0.15) is 122 Å². The van der Waals surface area contributed by atoms with Crippen LogP contribution in [0.3, 0.4) is 0 Å². The summed E-state index contributed by atoms with van der Waals surface area (Å²) in [5.74, 6) is -0.0512. The molecule has 408 valence electrons. The summed E-state index contributed by atoms with van der Waals surface area (Å²) < 4.78 is 14.7. The number of phenolic OH excluding ortho intramolecular Hbond substituents is 2. The number of ether oxygens (including phenoxy) is 2. The minimum atomic E-state index is -0.293. The van der Waals surface area contributed by atoms with Gasteiger partial charge in [-0.15, -0.1) is 0 Å². The average Bonchev–Trinajstić information content (AvgIpc) is 4.12. The van der Waals surface area contributed by atoms with Crippen molar-refractivity contribution >= 4 is 33.7 Å². The maximum atomic E-state index is 12.7. The lowest BCUT2D eigenvalue weighted by molar-refractivity contribution is 0.0195. The molecular formula is C66H78N6O6. The molecule has 12 heteroatoms. The predicted octanol–water partition coefficient (Wildman–Crippen LogP) is 12.5. The van der Waals surface area contributed by atoms with E-state index in [1.807, 2.05) is 73.2 Å². The summed E-state index contributed by atoms with van der Waals surface area (Å²) in [5.41, 5.74) is 10.3. The number of nitrogens with zero attached hydrogens (tertiary/aromatic N) is 6. The number of rotatable bonds is 16. The fourth-order valence-corrected chi connectivity index (χ4v) is 12.1. The minimum absolute atomic E-state index is 0.0335. The Bertz CT molecular complexity index is 3080. The first-order valence-electron chi connectivity index (χ1n) is 28.0. The van der Waals surface area contributed by atoms with Crippen molar-refractivity contribution in [2.24, 2.45) is 0 Å². The van der Waals surface area contributed by atoms with Gasteiger partial charge in [-0.1, -0.05) is 97.1 Å². The molecule has 78 heavy (non-hydrogen) atoms. The zero-order valence-corrected chi connectivity index (χ0v) is 46.8. The van der Waals surface area contributed by atoms with Crippen molar-refractivity contribution in [3.8, 4) is 11.5 Å². The molecule has 2 N–H and O–H groups in total.